The second-order valence-corrected chi connectivity index (χ2v) is 5.84. The standard InChI is InChI=1S/C9H14Cl3NO4/c10-9(11,12)6-17-8(16)13-5-3-1-2-4-7(14)15/h1-6H2,(H,13,16)(H,14,15). The second kappa shape index (κ2) is 8.66. The fraction of sp³-hybridized carbons (Fsp3) is 0.778. The maximum absolute atomic E-state index is 11.0. The van der Waals surface area contributed by atoms with Crippen molar-refractivity contribution >= 4 is 46.9 Å². The van der Waals surface area contributed by atoms with Crippen LogP contribution < -0.4 is 5.32 Å². The number of amides is 1. The number of unbranched alkanes of at least 4 members (excludes halogenated alkanes) is 2. The molecule has 0 saturated carbocycles. The Morgan fingerprint density at radius 2 is 1.82 bits per heavy atom. The number of hydrogen-bond acceptors (Lipinski definition) is 3. The smallest absolute Gasteiger partial charge is 0.407 e. The predicted molar refractivity (Wildman–Crippen MR) is 65.7 cm³/mol. The van der Waals surface area contributed by atoms with Crippen molar-refractivity contribution in [3.8, 4) is 0 Å². The lowest BCUT2D eigenvalue weighted by Crippen LogP contribution is -2.28. The lowest BCUT2D eigenvalue weighted by atomic mass is 10.2. The molecule has 0 aliphatic rings. The summed E-state index contributed by atoms with van der Waals surface area (Å²) in [4.78, 5) is 21.2. The van der Waals surface area contributed by atoms with Crippen molar-refractivity contribution in [1.29, 1.82) is 0 Å². The van der Waals surface area contributed by atoms with Crippen LogP contribution >= 0.6 is 34.8 Å². The zero-order valence-electron chi connectivity index (χ0n) is 9.05. The van der Waals surface area contributed by atoms with Gasteiger partial charge in [0.05, 0.1) is 0 Å². The Kier molecular flexibility index (Phi) is 8.47. The van der Waals surface area contributed by atoms with Crippen LogP contribution in [0.4, 0.5) is 4.79 Å². The number of alkyl carbamates (subject to hydrolysis) is 1. The molecule has 0 spiro atoms. The van der Waals surface area contributed by atoms with E-state index in [-0.39, 0.29) is 13.0 Å². The molecule has 0 rings (SSSR count). The largest absolute Gasteiger partial charge is 0.481 e. The molecule has 0 heterocycles. The van der Waals surface area contributed by atoms with Crippen LogP contribution in [-0.2, 0) is 9.53 Å². The van der Waals surface area contributed by atoms with E-state index < -0.39 is 15.9 Å². The fourth-order valence-corrected chi connectivity index (χ4v) is 1.13. The maximum Gasteiger partial charge on any atom is 0.407 e. The molecule has 0 aliphatic carbocycles. The molecule has 0 aromatic heterocycles. The SMILES string of the molecule is O=C(O)CCCCCNC(=O)OCC(Cl)(Cl)Cl. The van der Waals surface area contributed by atoms with E-state index >= 15 is 0 Å². The normalized spacial score (nSPS) is 11.0. The number of carboxylic acids is 1. The van der Waals surface area contributed by atoms with Crippen LogP contribution in [0.5, 0.6) is 0 Å². The summed E-state index contributed by atoms with van der Waals surface area (Å²) in [6.07, 6.45) is 1.46. The molecule has 0 aromatic rings. The Labute approximate surface area is 114 Å². The van der Waals surface area contributed by atoms with Gasteiger partial charge >= 0.3 is 12.1 Å². The Balaban J connectivity index is 3.37. The number of rotatable bonds is 7. The summed E-state index contributed by atoms with van der Waals surface area (Å²) in [5, 5.41) is 10.8. The van der Waals surface area contributed by atoms with E-state index in [1.165, 1.54) is 0 Å². The molecule has 17 heavy (non-hydrogen) atoms. The second-order valence-electron chi connectivity index (χ2n) is 3.32. The van der Waals surface area contributed by atoms with Gasteiger partial charge in [-0.25, -0.2) is 4.79 Å². The number of carbonyl (C=O) groups excluding carboxylic acids is 1. The van der Waals surface area contributed by atoms with Crippen molar-refractivity contribution in [3.63, 3.8) is 0 Å². The minimum atomic E-state index is -1.61. The molecule has 1 amide bonds. The third kappa shape index (κ3) is 13.5. The van der Waals surface area contributed by atoms with Gasteiger partial charge in [-0.1, -0.05) is 41.2 Å². The average molecular weight is 307 g/mol. The van der Waals surface area contributed by atoms with Crippen LogP contribution in [0.3, 0.4) is 0 Å². The summed E-state index contributed by atoms with van der Waals surface area (Å²) in [5.41, 5.74) is 0. The Bertz CT molecular complexity index is 255. The number of carboxylic acid groups (broad SMARTS) is 1. The van der Waals surface area contributed by atoms with Crippen molar-refractivity contribution in [2.75, 3.05) is 13.2 Å². The fourth-order valence-electron chi connectivity index (χ4n) is 0.967. The van der Waals surface area contributed by atoms with Gasteiger partial charge in [-0.05, 0) is 12.8 Å². The quantitative estimate of drug-likeness (QED) is 0.560. The molecule has 8 heteroatoms. The van der Waals surface area contributed by atoms with Gasteiger partial charge in [0.25, 0.3) is 0 Å². The van der Waals surface area contributed by atoms with Crippen LogP contribution in [-0.4, -0.2) is 34.1 Å². The van der Waals surface area contributed by atoms with Gasteiger partial charge in [0, 0.05) is 13.0 Å². The molecule has 5 nitrogen and oxygen atoms in total. The summed E-state index contributed by atoms with van der Waals surface area (Å²) in [6, 6.07) is 0. The summed E-state index contributed by atoms with van der Waals surface area (Å²) < 4.78 is 3.00. The lowest BCUT2D eigenvalue weighted by molar-refractivity contribution is -0.137. The maximum atomic E-state index is 11.0. The Hall–Kier alpha value is -0.390. The van der Waals surface area contributed by atoms with Gasteiger partial charge in [0.15, 0.2) is 0 Å². The molecule has 0 saturated heterocycles. The number of carbonyl (C=O) groups is 2. The van der Waals surface area contributed by atoms with Gasteiger partial charge in [-0.2, -0.15) is 0 Å². The highest BCUT2D eigenvalue weighted by molar-refractivity contribution is 6.67. The van der Waals surface area contributed by atoms with Gasteiger partial charge in [-0.15, -0.1) is 0 Å². The van der Waals surface area contributed by atoms with Gasteiger partial charge in [0.2, 0.25) is 3.79 Å². The number of halogens is 3. The summed E-state index contributed by atoms with van der Waals surface area (Å²) >= 11 is 16.1. The van der Waals surface area contributed by atoms with E-state index in [9.17, 15) is 9.59 Å². The third-order valence-corrected chi connectivity index (χ3v) is 2.03. The first-order valence-electron chi connectivity index (χ1n) is 5.00. The molecule has 0 bridgehead atoms. The first-order valence-corrected chi connectivity index (χ1v) is 6.14. The van der Waals surface area contributed by atoms with E-state index in [2.05, 4.69) is 10.1 Å². The zero-order chi connectivity index (χ0) is 13.3. The lowest BCUT2D eigenvalue weighted by Gasteiger charge is -2.11. The van der Waals surface area contributed by atoms with Crippen molar-refractivity contribution < 1.29 is 19.4 Å². The highest BCUT2D eigenvalue weighted by atomic mass is 35.6. The van der Waals surface area contributed by atoms with E-state index in [4.69, 9.17) is 39.9 Å². The van der Waals surface area contributed by atoms with Crippen molar-refractivity contribution in [2.24, 2.45) is 0 Å². The Morgan fingerprint density at radius 1 is 1.18 bits per heavy atom. The molecule has 0 radical (unpaired) electrons. The van der Waals surface area contributed by atoms with Crippen molar-refractivity contribution in [1.82, 2.24) is 5.32 Å². The summed E-state index contributed by atoms with van der Waals surface area (Å²) in [5.74, 6) is -0.819. The molecule has 2 N–H and O–H groups in total. The van der Waals surface area contributed by atoms with E-state index in [0.717, 1.165) is 6.42 Å². The molecular weight excluding hydrogens is 292 g/mol. The van der Waals surface area contributed by atoms with Crippen LogP contribution in [0, 0.1) is 0 Å². The molecule has 0 unspecified atom stereocenters. The van der Waals surface area contributed by atoms with Crippen LogP contribution in [0.25, 0.3) is 0 Å². The Morgan fingerprint density at radius 3 is 2.35 bits per heavy atom. The van der Waals surface area contributed by atoms with Crippen LogP contribution in [0.2, 0.25) is 0 Å². The van der Waals surface area contributed by atoms with Crippen LogP contribution in [0.1, 0.15) is 25.7 Å². The number of ether oxygens (including phenoxy) is 1. The van der Waals surface area contributed by atoms with Gasteiger partial charge < -0.3 is 15.2 Å². The highest BCUT2D eigenvalue weighted by Gasteiger charge is 2.21. The molecule has 100 valence electrons. The monoisotopic (exact) mass is 305 g/mol. The molecular formula is C9H14Cl3NO4. The minimum absolute atomic E-state index is 0.137. The molecule has 0 atom stereocenters. The predicted octanol–water partition coefficient (Wildman–Crippen LogP) is 2.73. The van der Waals surface area contributed by atoms with E-state index in [0.29, 0.717) is 19.4 Å². The first kappa shape index (κ1) is 16.6. The summed E-state index contributed by atoms with van der Waals surface area (Å²) in [6.45, 7) is 0.0842. The average Bonchev–Trinajstić information content (AvgIpc) is 2.19. The molecule has 0 fully saturated rings. The zero-order valence-corrected chi connectivity index (χ0v) is 11.3. The van der Waals surface area contributed by atoms with Gasteiger partial charge in [-0.3, -0.25) is 4.79 Å². The topological polar surface area (TPSA) is 75.6 Å². The number of hydrogen-bond donors (Lipinski definition) is 2. The number of nitrogens with one attached hydrogen (secondary N) is 1. The number of aliphatic carboxylic acids is 1. The van der Waals surface area contributed by atoms with Crippen LogP contribution in [0.15, 0.2) is 0 Å². The van der Waals surface area contributed by atoms with Crippen molar-refractivity contribution in [3.05, 3.63) is 0 Å². The summed E-state index contributed by atoms with van der Waals surface area (Å²) in [7, 11) is 0. The first-order chi connectivity index (χ1) is 7.81. The minimum Gasteiger partial charge on any atom is -0.481 e. The van der Waals surface area contributed by atoms with E-state index in [1.807, 2.05) is 0 Å². The molecule has 0 aliphatic heterocycles. The van der Waals surface area contributed by atoms with Gasteiger partial charge in [0.1, 0.15) is 6.61 Å². The molecule has 0 aromatic carbocycles. The number of alkyl halides is 3. The van der Waals surface area contributed by atoms with E-state index in [1.54, 1.807) is 0 Å². The highest BCUT2D eigenvalue weighted by Crippen LogP contribution is 2.25. The van der Waals surface area contributed by atoms with Crippen molar-refractivity contribution in [2.45, 2.75) is 29.5 Å². The third-order valence-electron chi connectivity index (χ3n) is 1.70.